The highest BCUT2D eigenvalue weighted by Crippen LogP contribution is 2.19. The van der Waals surface area contributed by atoms with Gasteiger partial charge < -0.3 is 14.6 Å². The molecule has 1 N–H and O–H groups in total. The Kier molecular flexibility index (Phi) is 4.75. The van der Waals surface area contributed by atoms with Crippen LogP contribution >= 0.6 is 0 Å². The van der Waals surface area contributed by atoms with E-state index in [4.69, 9.17) is 9.26 Å². The van der Waals surface area contributed by atoms with E-state index in [1.54, 1.807) is 0 Å². The maximum Gasteiger partial charge on any atom is 0.246 e. The molecule has 0 saturated carbocycles. The normalized spacial score (nSPS) is 19.9. The first-order valence-electron chi connectivity index (χ1n) is 7.12. The summed E-state index contributed by atoms with van der Waals surface area (Å²) in [7, 11) is 0. The van der Waals surface area contributed by atoms with Gasteiger partial charge in [-0.2, -0.15) is 4.98 Å². The van der Waals surface area contributed by atoms with Gasteiger partial charge in [0.2, 0.25) is 11.8 Å². The van der Waals surface area contributed by atoms with Gasteiger partial charge in [0.05, 0.1) is 6.54 Å². The minimum absolute atomic E-state index is 0.0102. The second-order valence-corrected chi connectivity index (χ2v) is 6.33. The highest BCUT2D eigenvalue weighted by Gasteiger charge is 2.21. The van der Waals surface area contributed by atoms with E-state index in [-0.39, 0.29) is 17.9 Å². The maximum absolute atomic E-state index is 11.8. The fourth-order valence-corrected chi connectivity index (χ4v) is 2.11. The summed E-state index contributed by atoms with van der Waals surface area (Å²) >= 11 is 0. The average Bonchev–Trinajstić information content (AvgIpc) is 2.86. The van der Waals surface area contributed by atoms with E-state index in [2.05, 4.69) is 15.5 Å². The lowest BCUT2D eigenvalue weighted by Gasteiger charge is -2.21. The van der Waals surface area contributed by atoms with Crippen LogP contribution in [0.15, 0.2) is 4.52 Å². The van der Waals surface area contributed by atoms with E-state index in [1.165, 1.54) is 0 Å². The molecule has 0 spiro atoms. The molecule has 1 aromatic rings. The van der Waals surface area contributed by atoms with Crippen LogP contribution in [0.3, 0.4) is 0 Å². The Labute approximate surface area is 119 Å². The Morgan fingerprint density at radius 2 is 2.25 bits per heavy atom. The summed E-state index contributed by atoms with van der Waals surface area (Å²) in [6.07, 6.45) is 2.60. The van der Waals surface area contributed by atoms with Gasteiger partial charge in [-0.05, 0) is 18.8 Å². The largest absolute Gasteiger partial charge is 0.381 e. The molecule has 2 heterocycles. The van der Waals surface area contributed by atoms with Crippen molar-refractivity contribution in [2.24, 2.45) is 5.92 Å². The van der Waals surface area contributed by atoms with Gasteiger partial charge in [-0.15, -0.1) is 0 Å². The van der Waals surface area contributed by atoms with Crippen LogP contribution < -0.4 is 5.32 Å². The summed E-state index contributed by atoms with van der Waals surface area (Å²) in [6, 6.07) is 0. The second kappa shape index (κ2) is 6.35. The predicted molar refractivity (Wildman–Crippen MR) is 73.0 cm³/mol. The quantitative estimate of drug-likeness (QED) is 0.910. The Bertz CT molecular complexity index is 445. The molecule has 1 saturated heterocycles. The van der Waals surface area contributed by atoms with Gasteiger partial charge in [0.1, 0.15) is 0 Å². The standard InChI is InChI=1S/C14H23N3O3/c1-14(2,3)13-16-12(20-17-13)8-15-11(18)7-10-5-4-6-19-9-10/h10H,4-9H2,1-3H3,(H,15,18)/t10-/m1/s1. The van der Waals surface area contributed by atoms with Crippen molar-refractivity contribution in [1.29, 1.82) is 0 Å². The number of nitrogens with zero attached hydrogens (tertiary/aromatic N) is 2. The van der Waals surface area contributed by atoms with Gasteiger partial charge in [0, 0.05) is 25.0 Å². The van der Waals surface area contributed by atoms with E-state index in [0.717, 1.165) is 19.4 Å². The van der Waals surface area contributed by atoms with Crippen LogP contribution in [0.5, 0.6) is 0 Å². The minimum Gasteiger partial charge on any atom is -0.381 e. The molecule has 112 valence electrons. The molecule has 1 aromatic heterocycles. The van der Waals surface area contributed by atoms with Crippen molar-refractivity contribution < 1.29 is 14.1 Å². The van der Waals surface area contributed by atoms with Crippen molar-refractivity contribution in [1.82, 2.24) is 15.5 Å². The predicted octanol–water partition coefficient (Wildman–Crippen LogP) is 1.80. The lowest BCUT2D eigenvalue weighted by molar-refractivity contribution is -0.123. The second-order valence-electron chi connectivity index (χ2n) is 6.33. The molecule has 0 bridgehead atoms. The van der Waals surface area contributed by atoms with Crippen LogP contribution in [0.25, 0.3) is 0 Å². The molecule has 0 aliphatic carbocycles. The van der Waals surface area contributed by atoms with Gasteiger partial charge in [0.15, 0.2) is 5.82 Å². The van der Waals surface area contributed by atoms with Crippen LogP contribution in [0.2, 0.25) is 0 Å². The Hall–Kier alpha value is -1.43. The number of carbonyl (C=O) groups is 1. The molecule has 0 radical (unpaired) electrons. The Balaban J connectivity index is 1.76. The number of carbonyl (C=O) groups excluding carboxylic acids is 1. The van der Waals surface area contributed by atoms with Gasteiger partial charge in [0.25, 0.3) is 0 Å². The smallest absolute Gasteiger partial charge is 0.246 e. The number of hydrogen-bond acceptors (Lipinski definition) is 5. The van der Waals surface area contributed by atoms with Crippen molar-refractivity contribution in [3.63, 3.8) is 0 Å². The van der Waals surface area contributed by atoms with Gasteiger partial charge >= 0.3 is 0 Å². The highest BCUT2D eigenvalue weighted by atomic mass is 16.5. The summed E-state index contributed by atoms with van der Waals surface area (Å²) in [5.41, 5.74) is -0.148. The fraction of sp³-hybridized carbons (Fsp3) is 0.786. The summed E-state index contributed by atoms with van der Waals surface area (Å²) < 4.78 is 10.5. The number of hydrogen-bond donors (Lipinski definition) is 1. The molecule has 1 amide bonds. The Morgan fingerprint density at radius 3 is 2.85 bits per heavy atom. The SMILES string of the molecule is CC(C)(C)c1noc(CNC(=O)C[C@H]2CCCOC2)n1. The zero-order valence-corrected chi connectivity index (χ0v) is 12.4. The maximum atomic E-state index is 11.8. The third-order valence-corrected chi connectivity index (χ3v) is 3.30. The monoisotopic (exact) mass is 281 g/mol. The number of aromatic nitrogens is 2. The number of rotatable bonds is 4. The van der Waals surface area contributed by atoms with Crippen molar-refractivity contribution in [3.8, 4) is 0 Å². The van der Waals surface area contributed by atoms with Crippen molar-refractivity contribution in [3.05, 3.63) is 11.7 Å². The summed E-state index contributed by atoms with van der Waals surface area (Å²) in [5.74, 6) is 1.44. The third kappa shape index (κ3) is 4.30. The molecule has 6 nitrogen and oxygen atoms in total. The zero-order chi connectivity index (χ0) is 14.6. The number of ether oxygens (including phenoxy) is 1. The number of nitrogens with one attached hydrogen (secondary N) is 1. The third-order valence-electron chi connectivity index (χ3n) is 3.30. The van der Waals surface area contributed by atoms with Crippen molar-refractivity contribution >= 4 is 5.91 Å². The minimum atomic E-state index is -0.148. The first-order chi connectivity index (χ1) is 9.45. The first-order valence-corrected chi connectivity index (χ1v) is 7.12. The molecule has 6 heteroatoms. The topological polar surface area (TPSA) is 77.2 Å². The molecule has 1 aliphatic heterocycles. The highest BCUT2D eigenvalue weighted by molar-refractivity contribution is 5.76. The van der Waals surface area contributed by atoms with Crippen LogP contribution in [0.4, 0.5) is 0 Å². The van der Waals surface area contributed by atoms with E-state index in [0.29, 0.717) is 30.7 Å². The van der Waals surface area contributed by atoms with Crippen molar-refractivity contribution in [2.75, 3.05) is 13.2 Å². The van der Waals surface area contributed by atoms with Crippen LogP contribution in [0, 0.1) is 5.92 Å². The van der Waals surface area contributed by atoms with Crippen LogP contribution in [-0.4, -0.2) is 29.3 Å². The summed E-state index contributed by atoms with van der Waals surface area (Å²) in [4.78, 5) is 16.1. The summed E-state index contributed by atoms with van der Waals surface area (Å²) in [6.45, 7) is 7.84. The van der Waals surface area contributed by atoms with Crippen molar-refractivity contribution in [2.45, 2.75) is 52.0 Å². The average molecular weight is 281 g/mol. The van der Waals surface area contributed by atoms with E-state index < -0.39 is 0 Å². The number of amides is 1. The van der Waals surface area contributed by atoms with Crippen LogP contribution in [0.1, 0.15) is 51.7 Å². The van der Waals surface area contributed by atoms with E-state index in [9.17, 15) is 4.79 Å². The van der Waals surface area contributed by atoms with Gasteiger partial charge in [-0.25, -0.2) is 0 Å². The molecule has 0 aromatic carbocycles. The van der Waals surface area contributed by atoms with Gasteiger partial charge in [-0.1, -0.05) is 25.9 Å². The van der Waals surface area contributed by atoms with E-state index in [1.807, 2.05) is 20.8 Å². The first kappa shape index (κ1) is 15.0. The lowest BCUT2D eigenvalue weighted by atomic mass is 9.96. The molecule has 0 unspecified atom stereocenters. The molecule has 20 heavy (non-hydrogen) atoms. The summed E-state index contributed by atoms with van der Waals surface area (Å²) in [5, 5.41) is 6.74. The molecule has 2 rings (SSSR count). The zero-order valence-electron chi connectivity index (χ0n) is 12.4. The van der Waals surface area contributed by atoms with Crippen LogP contribution in [-0.2, 0) is 21.5 Å². The molecule has 1 fully saturated rings. The molecule has 1 atom stereocenters. The Morgan fingerprint density at radius 1 is 1.45 bits per heavy atom. The lowest BCUT2D eigenvalue weighted by Crippen LogP contribution is -2.28. The molecular formula is C14H23N3O3. The van der Waals surface area contributed by atoms with Gasteiger partial charge in [-0.3, -0.25) is 4.79 Å². The molecule has 1 aliphatic rings. The molecular weight excluding hydrogens is 258 g/mol. The van der Waals surface area contributed by atoms with E-state index >= 15 is 0 Å². The fourth-order valence-electron chi connectivity index (χ4n) is 2.11.